The van der Waals surface area contributed by atoms with Gasteiger partial charge in [0.15, 0.2) is 0 Å². The third kappa shape index (κ3) is 2.39. The number of hydrogen-bond donors (Lipinski definition) is 1. The van der Waals surface area contributed by atoms with E-state index >= 15 is 0 Å². The number of nitrogens with one attached hydrogen (secondary N) is 1. The van der Waals surface area contributed by atoms with Crippen molar-refractivity contribution in [1.29, 1.82) is 0 Å². The van der Waals surface area contributed by atoms with E-state index in [1.54, 1.807) is 12.1 Å². The highest BCUT2D eigenvalue weighted by atomic mass is 16.6. The maximum absolute atomic E-state index is 12.5. The minimum absolute atomic E-state index is 0.0000539. The van der Waals surface area contributed by atoms with Crippen LogP contribution in [0, 0.1) is 10.1 Å². The molecule has 0 saturated carbocycles. The number of fused-ring (bicyclic) bond motifs is 3. The zero-order valence-corrected chi connectivity index (χ0v) is 13.9. The largest absolute Gasteiger partial charge is 0.465 e. The van der Waals surface area contributed by atoms with Crippen molar-refractivity contribution in [3.8, 4) is 11.1 Å². The summed E-state index contributed by atoms with van der Waals surface area (Å²) in [5.74, 6) is -0.462. The van der Waals surface area contributed by atoms with Crippen molar-refractivity contribution in [3.05, 3.63) is 76.3 Å². The summed E-state index contributed by atoms with van der Waals surface area (Å²) in [6.45, 7) is 0. The lowest BCUT2D eigenvalue weighted by Crippen LogP contribution is -2.05. The Labute approximate surface area is 148 Å². The quantitative estimate of drug-likeness (QED) is 0.331. The molecule has 1 heterocycles. The van der Waals surface area contributed by atoms with Gasteiger partial charge >= 0.3 is 5.97 Å². The Morgan fingerprint density at radius 1 is 1.00 bits per heavy atom. The van der Waals surface area contributed by atoms with E-state index in [4.69, 9.17) is 4.74 Å². The number of carbonyl (C=O) groups is 1. The van der Waals surface area contributed by atoms with Crippen molar-refractivity contribution in [2.24, 2.45) is 0 Å². The molecule has 128 valence electrons. The van der Waals surface area contributed by atoms with Crippen LogP contribution >= 0.6 is 0 Å². The minimum atomic E-state index is -0.462. The molecule has 0 atom stereocenters. The normalized spacial score (nSPS) is 11.0. The molecule has 1 N–H and O–H groups in total. The first-order valence-electron chi connectivity index (χ1n) is 7.96. The maximum Gasteiger partial charge on any atom is 0.340 e. The highest BCUT2D eigenvalue weighted by molar-refractivity contribution is 6.17. The van der Waals surface area contributed by atoms with Crippen LogP contribution in [0.5, 0.6) is 0 Å². The van der Waals surface area contributed by atoms with Crippen LogP contribution in [0.4, 0.5) is 5.69 Å². The molecule has 0 aliphatic rings. The van der Waals surface area contributed by atoms with Gasteiger partial charge in [0, 0.05) is 28.4 Å². The summed E-state index contributed by atoms with van der Waals surface area (Å²) >= 11 is 0. The summed E-state index contributed by atoms with van der Waals surface area (Å²) in [5.41, 5.74) is 3.39. The second-order valence-corrected chi connectivity index (χ2v) is 5.88. The summed E-state index contributed by atoms with van der Waals surface area (Å²) in [7, 11) is 1.34. The van der Waals surface area contributed by atoms with Crippen molar-refractivity contribution in [2.45, 2.75) is 0 Å². The van der Waals surface area contributed by atoms with E-state index in [9.17, 15) is 14.9 Å². The number of nitro benzene ring substituents is 1. The van der Waals surface area contributed by atoms with Gasteiger partial charge in [-0.2, -0.15) is 0 Å². The molecule has 6 heteroatoms. The molecule has 0 radical (unpaired) electrons. The van der Waals surface area contributed by atoms with Crippen molar-refractivity contribution in [2.75, 3.05) is 7.11 Å². The summed E-state index contributed by atoms with van der Waals surface area (Å²) < 4.78 is 5.00. The number of H-pyrrole nitrogens is 1. The summed E-state index contributed by atoms with van der Waals surface area (Å²) in [6.07, 6.45) is 0. The summed E-state index contributed by atoms with van der Waals surface area (Å²) in [5, 5.41) is 12.8. The number of esters is 1. The van der Waals surface area contributed by atoms with Crippen molar-refractivity contribution < 1.29 is 14.5 Å². The summed E-state index contributed by atoms with van der Waals surface area (Å²) in [6, 6.07) is 17.7. The van der Waals surface area contributed by atoms with Gasteiger partial charge in [-0.25, -0.2) is 4.79 Å². The van der Waals surface area contributed by atoms with E-state index in [0.29, 0.717) is 22.2 Å². The molecule has 4 rings (SSSR count). The molecule has 6 nitrogen and oxygen atoms in total. The lowest BCUT2D eigenvalue weighted by molar-refractivity contribution is -0.384. The fraction of sp³-hybridized carbons (Fsp3) is 0.0500. The number of nitrogens with zero attached hydrogens (tertiary/aromatic N) is 1. The molecule has 1 aromatic heterocycles. The first kappa shape index (κ1) is 15.8. The van der Waals surface area contributed by atoms with Gasteiger partial charge in [0.25, 0.3) is 5.69 Å². The molecule has 0 fully saturated rings. The highest BCUT2D eigenvalue weighted by Crippen LogP contribution is 2.35. The molecule has 0 aliphatic carbocycles. The van der Waals surface area contributed by atoms with Crippen molar-refractivity contribution in [1.82, 2.24) is 4.98 Å². The van der Waals surface area contributed by atoms with Gasteiger partial charge in [-0.15, -0.1) is 0 Å². The highest BCUT2D eigenvalue weighted by Gasteiger charge is 2.20. The molecule has 0 bridgehead atoms. The Balaban J connectivity index is 2.01. The second kappa shape index (κ2) is 6.00. The van der Waals surface area contributed by atoms with Crippen molar-refractivity contribution >= 4 is 33.5 Å². The van der Waals surface area contributed by atoms with E-state index in [0.717, 1.165) is 16.3 Å². The Hall–Kier alpha value is -3.67. The number of non-ortho nitro benzene ring substituents is 1. The minimum Gasteiger partial charge on any atom is -0.465 e. The van der Waals surface area contributed by atoms with Crippen LogP contribution in [0.15, 0.2) is 60.7 Å². The van der Waals surface area contributed by atoms with Crippen LogP contribution in [0.3, 0.4) is 0 Å². The SMILES string of the molecule is COC(=O)c1c(-c2ccc([N+](=O)[O-])cc2)ccc2c1[nH]c1ccccc12. The molecule has 4 aromatic rings. The van der Waals surface area contributed by atoms with E-state index in [1.165, 1.54) is 19.2 Å². The predicted molar refractivity (Wildman–Crippen MR) is 99.2 cm³/mol. The van der Waals surface area contributed by atoms with Gasteiger partial charge in [-0.05, 0) is 29.3 Å². The second-order valence-electron chi connectivity index (χ2n) is 5.88. The Kier molecular flexibility index (Phi) is 3.65. The fourth-order valence-electron chi connectivity index (χ4n) is 3.24. The Morgan fingerprint density at radius 2 is 1.73 bits per heavy atom. The molecule has 0 amide bonds. The monoisotopic (exact) mass is 346 g/mol. The van der Waals surface area contributed by atoms with Crippen LogP contribution in [0.1, 0.15) is 10.4 Å². The molecule has 0 saturated heterocycles. The number of carbonyl (C=O) groups excluding carboxylic acids is 1. The third-order valence-electron chi connectivity index (χ3n) is 4.46. The zero-order chi connectivity index (χ0) is 18.3. The number of aromatic amines is 1. The first-order chi connectivity index (χ1) is 12.6. The van der Waals surface area contributed by atoms with Crippen LogP contribution in [-0.4, -0.2) is 23.0 Å². The van der Waals surface area contributed by atoms with Gasteiger partial charge in [-0.3, -0.25) is 10.1 Å². The number of methoxy groups -OCH3 is 1. The average Bonchev–Trinajstić information content (AvgIpc) is 3.05. The van der Waals surface area contributed by atoms with Crippen LogP contribution < -0.4 is 0 Å². The smallest absolute Gasteiger partial charge is 0.340 e. The van der Waals surface area contributed by atoms with Gasteiger partial charge in [0.2, 0.25) is 0 Å². The van der Waals surface area contributed by atoms with E-state index in [-0.39, 0.29) is 5.69 Å². The van der Waals surface area contributed by atoms with Crippen molar-refractivity contribution in [3.63, 3.8) is 0 Å². The number of rotatable bonds is 3. The van der Waals surface area contributed by atoms with Gasteiger partial charge < -0.3 is 9.72 Å². The average molecular weight is 346 g/mol. The Bertz CT molecular complexity index is 1160. The molecule has 0 unspecified atom stereocenters. The first-order valence-corrected chi connectivity index (χ1v) is 7.96. The zero-order valence-electron chi connectivity index (χ0n) is 13.9. The number of ether oxygens (including phenoxy) is 1. The standard InChI is InChI=1S/C20H14N2O4/c1-26-20(23)18-14(12-6-8-13(9-7-12)22(24)25)10-11-16-15-4-2-3-5-17(15)21-19(16)18/h2-11,21H,1H3. The van der Waals surface area contributed by atoms with Gasteiger partial charge in [-0.1, -0.05) is 30.3 Å². The van der Waals surface area contributed by atoms with Gasteiger partial charge in [0.05, 0.1) is 23.1 Å². The number of benzene rings is 3. The van der Waals surface area contributed by atoms with E-state index < -0.39 is 10.9 Å². The molecule has 0 spiro atoms. The molecular formula is C20H14N2O4. The molecule has 26 heavy (non-hydrogen) atoms. The number of hydrogen-bond acceptors (Lipinski definition) is 4. The predicted octanol–water partition coefficient (Wildman–Crippen LogP) is 4.68. The maximum atomic E-state index is 12.5. The number of aromatic nitrogens is 1. The van der Waals surface area contributed by atoms with Gasteiger partial charge in [0.1, 0.15) is 0 Å². The number of nitro groups is 1. The third-order valence-corrected chi connectivity index (χ3v) is 4.46. The lowest BCUT2D eigenvalue weighted by Gasteiger charge is -2.10. The van der Waals surface area contributed by atoms with Crippen LogP contribution in [-0.2, 0) is 4.74 Å². The topological polar surface area (TPSA) is 85.2 Å². The number of para-hydroxylation sites is 1. The lowest BCUT2D eigenvalue weighted by atomic mass is 9.96. The van der Waals surface area contributed by atoms with Crippen LogP contribution in [0.2, 0.25) is 0 Å². The fourth-order valence-corrected chi connectivity index (χ4v) is 3.24. The molecule has 0 aliphatic heterocycles. The molecular weight excluding hydrogens is 332 g/mol. The van der Waals surface area contributed by atoms with E-state index in [1.807, 2.05) is 36.4 Å². The Morgan fingerprint density at radius 3 is 2.42 bits per heavy atom. The molecule has 3 aromatic carbocycles. The van der Waals surface area contributed by atoms with Crippen LogP contribution in [0.25, 0.3) is 32.9 Å². The van der Waals surface area contributed by atoms with E-state index in [2.05, 4.69) is 4.98 Å². The summed E-state index contributed by atoms with van der Waals surface area (Å²) in [4.78, 5) is 26.2.